The summed E-state index contributed by atoms with van der Waals surface area (Å²) in [5.41, 5.74) is -0.276. The predicted octanol–water partition coefficient (Wildman–Crippen LogP) is 2.28. The highest BCUT2D eigenvalue weighted by molar-refractivity contribution is 5.81. The van der Waals surface area contributed by atoms with Crippen LogP contribution in [0, 0.1) is 11.3 Å². The number of hydrogen-bond donors (Lipinski definition) is 1. The van der Waals surface area contributed by atoms with Gasteiger partial charge in [-0.05, 0) is 12.3 Å². The van der Waals surface area contributed by atoms with Gasteiger partial charge in [0, 0.05) is 12.0 Å². The Morgan fingerprint density at radius 2 is 1.86 bits per heavy atom. The fourth-order valence-corrected chi connectivity index (χ4v) is 1.29. The summed E-state index contributed by atoms with van der Waals surface area (Å²) in [5.74, 6) is 0.638. The van der Waals surface area contributed by atoms with Crippen molar-refractivity contribution >= 4 is 5.91 Å². The Morgan fingerprint density at radius 1 is 1.29 bits per heavy atom. The number of rotatable bonds is 3. The van der Waals surface area contributed by atoms with Gasteiger partial charge in [-0.15, -0.1) is 0 Å². The van der Waals surface area contributed by atoms with Crippen molar-refractivity contribution in [1.29, 1.82) is 0 Å². The van der Waals surface area contributed by atoms with Crippen molar-refractivity contribution in [3.8, 4) is 0 Å². The molecule has 0 atom stereocenters. The third kappa shape index (κ3) is 3.36. The quantitative estimate of drug-likeness (QED) is 0.732. The maximum atomic E-state index is 11.5. The van der Waals surface area contributed by atoms with Gasteiger partial charge in [0.25, 0.3) is 0 Å². The number of amides is 1. The number of carbonyl (C=O) groups is 1. The third-order valence-electron chi connectivity index (χ3n) is 2.27. The summed E-state index contributed by atoms with van der Waals surface area (Å²) in [5, 5.41) is 2.94. The molecule has 78 valence electrons. The molecule has 0 aliphatic heterocycles. The van der Waals surface area contributed by atoms with Gasteiger partial charge in [-0.2, -0.15) is 0 Å². The largest absolute Gasteiger partial charge is 0.356 e. The minimum absolute atomic E-state index is 0.128. The summed E-state index contributed by atoms with van der Waals surface area (Å²) in [7, 11) is 0. The number of carbonyl (C=O) groups excluding carboxylic acids is 1. The van der Waals surface area contributed by atoms with Gasteiger partial charge in [-0.3, -0.25) is 4.79 Å². The van der Waals surface area contributed by atoms with E-state index in [9.17, 15) is 4.79 Å². The molecule has 1 aliphatic carbocycles. The first-order valence-corrected chi connectivity index (χ1v) is 5.13. The molecule has 14 heavy (non-hydrogen) atoms. The van der Waals surface area contributed by atoms with Gasteiger partial charge >= 0.3 is 0 Å². The van der Waals surface area contributed by atoms with E-state index in [1.54, 1.807) is 0 Å². The second-order valence-corrected chi connectivity index (χ2v) is 4.73. The zero-order valence-corrected chi connectivity index (χ0v) is 9.21. The summed E-state index contributed by atoms with van der Waals surface area (Å²) in [6, 6.07) is 0. The third-order valence-corrected chi connectivity index (χ3v) is 2.27. The summed E-state index contributed by atoms with van der Waals surface area (Å²) in [6.45, 7) is 6.54. The maximum Gasteiger partial charge on any atom is 0.225 e. The fraction of sp³-hybridized carbons (Fsp3) is 0.583. The molecule has 1 aliphatic rings. The lowest BCUT2D eigenvalue weighted by Crippen LogP contribution is -2.35. The Labute approximate surface area is 86.1 Å². The molecular weight excluding hydrogens is 174 g/mol. The summed E-state index contributed by atoms with van der Waals surface area (Å²) < 4.78 is 0. The normalized spacial score (nSPS) is 16.2. The molecule has 0 aromatic carbocycles. The molecule has 1 amide bonds. The molecule has 0 bridgehead atoms. The number of hydrogen-bond acceptors (Lipinski definition) is 1. The minimum atomic E-state index is -0.276. The van der Waals surface area contributed by atoms with Gasteiger partial charge in [0.2, 0.25) is 5.91 Å². The Morgan fingerprint density at radius 3 is 2.36 bits per heavy atom. The number of nitrogens with one attached hydrogen (secondary N) is 1. The standard InChI is InChI=1S/C12H19NO/c1-12(2,3)11(14)13-9-8-10-6-4-5-7-10/h4-7,10H,8-9H2,1-3H3,(H,13,14). The molecule has 0 aromatic heterocycles. The Hall–Kier alpha value is -1.05. The van der Waals surface area contributed by atoms with Gasteiger partial charge in [0.15, 0.2) is 0 Å². The summed E-state index contributed by atoms with van der Waals surface area (Å²) in [4.78, 5) is 11.5. The van der Waals surface area contributed by atoms with Crippen LogP contribution in [0.25, 0.3) is 0 Å². The lowest BCUT2D eigenvalue weighted by Gasteiger charge is -2.18. The smallest absolute Gasteiger partial charge is 0.225 e. The van der Waals surface area contributed by atoms with Crippen LogP contribution >= 0.6 is 0 Å². The van der Waals surface area contributed by atoms with Crippen LogP contribution in [0.15, 0.2) is 24.3 Å². The molecule has 0 aromatic rings. The van der Waals surface area contributed by atoms with E-state index in [-0.39, 0.29) is 11.3 Å². The SMILES string of the molecule is CC(C)(C)C(=O)NCCC1C=CC=C1. The van der Waals surface area contributed by atoms with E-state index in [2.05, 4.69) is 29.6 Å². The van der Waals surface area contributed by atoms with E-state index in [0.29, 0.717) is 5.92 Å². The van der Waals surface area contributed by atoms with Crippen LogP contribution in [0.4, 0.5) is 0 Å². The first kappa shape index (κ1) is 11.0. The van der Waals surface area contributed by atoms with Gasteiger partial charge < -0.3 is 5.32 Å². The van der Waals surface area contributed by atoms with E-state index in [1.807, 2.05) is 20.8 Å². The maximum absolute atomic E-state index is 11.5. The first-order chi connectivity index (χ1) is 6.50. The van der Waals surface area contributed by atoms with Crippen molar-refractivity contribution in [1.82, 2.24) is 5.32 Å². The van der Waals surface area contributed by atoms with Crippen LogP contribution in [0.1, 0.15) is 27.2 Å². The van der Waals surface area contributed by atoms with Crippen molar-refractivity contribution in [3.05, 3.63) is 24.3 Å². The van der Waals surface area contributed by atoms with Crippen LogP contribution in [0.2, 0.25) is 0 Å². The number of allylic oxidation sites excluding steroid dienone is 4. The van der Waals surface area contributed by atoms with E-state index in [1.165, 1.54) is 0 Å². The minimum Gasteiger partial charge on any atom is -0.356 e. The molecule has 1 rings (SSSR count). The van der Waals surface area contributed by atoms with Crippen LogP contribution in [-0.2, 0) is 4.79 Å². The van der Waals surface area contributed by atoms with Crippen LogP contribution in [0.3, 0.4) is 0 Å². The molecule has 2 heteroatoms. The summed E-state index contributed by atoms with van der Waals surface area (Å²) >= 11 is 0. The van der Waals surface area contributed by atoms with Crippen molar-refractivity contribution in [2.75, 3.05) is 6.54 Å². The van der Waals surface area contributed by atoms with E-state index in [4.69, 9.17) is 0 Å². The van der Waals surface area contributed by atoms with E-state index in [0.717, 1.165) is 13.0 Å². The highest BCUT2D eigenvalue weighted by Crippen LogP contribution is 2.14. The lowest BCUT2D eigenvalue weighted by atomic mass is 9.95. The molecule has 0 fully saturated rings. The van der Waals surface area contributed by atoms with Crippen molar-refractivity contribution in [3.63, 3.8) is 0 Å². The van der Waals surface area contributed by atoms with Gasteiger partial charge in [0.1, 0.15) is 0 Å². The van der Waals surface area contributed by atoms with Gasteiger partial charge in [-0.1, -0.05) is 45.1 Å². The highest BCUT2D eigenvalue weighted by Gasteiger charge is 2.20. The topological polar surface area (TPSA) is 29.1 Å². The highest BCUT2D eigenvalue weighted by atomic mass is 16.2. The predicted molar refractivity (Wildman–Crippen MR) is 58.9 cm³/mol. The van der Waals surface area contributed by atoms with E-state index >= 15 is 0 Å². The van der Waals surface area contributed by atoms with Crippen LogP contribution in [-0.4, -0.2) is 12.5 Å². The first-order valence-electron chi connectivity index (χ1n) is 5.13. The van der Waals surface area contributed by atoms with Gasteiger partial charge in [0.05, 0.1) is 0 Å². The Balaban J connectivity index is 2.18. The molecule has 0 saturated heterocycles. The molecule has 1 N–H and O–H groups in total. The molecular formula is C12H19NO. The van der Waals surface area contributed by atoms with Crippen molar-refractivity contribution in [2.24, 2.45) is 11.3 Å². The molecule has 0 heterocycles. The van der Waals surface area contributed by atoms with Gasteiger partial charge in [-0.25, -0.2) is 0 Å². The molecule has 0 radical (unpaired) electrons. The average molecular weight is 193 g/mol. The second-order valence-electron chi connectivity index (χ2n) is 4.73. The van der Waals surface area contributed by atoms with Crippen LogP contribution < -0.4 is 5.32 Å². The molecule has 0 unspecified atom stereocenters. The molecule has 2 nitrogen and oxygen atoms in total. The summed E-state index contributed by atoms with van der Waals surface area (Å²) in [6.07, 6.45) is 9.41. The zero-order chi connectivity index (χ0) is 10.6. The Kier molecular flexibility index (Phi) is 3.50. The Bertz CT molecular complexity index is 246. The fourth-order valence-electron chi connectivity index (χ4n) is 1.29. The van der Waals surface area contributed by atoms with Crippen molar-refractivity contribution in [2.45, 2.75) is 27.2 Å². The lowest BCUT2D eigenvalue weighted by molar-refractivity contribution is -0.128. The van der Waals surface area contributed by atoms with Crippen LogP contribution in [0.5, 0.6) is 0 Å². The second kappa shape index (κ2) is 4.45. The average Bonchev–Trinajstić information content (AvgIpc) is 2.55. The molecule has 0 saturated carbocycles. The zero-order valence-electron chi connectivity index (χ0n) is 9.21. The van der Waals surface area contributed by atoms with Crippen molar-refractivity contribution < 1.29 is 4.79 Å². The molecule has 0 spiro atoms. The monoisotopic (exact) mass is 193 g/mol. The van der Waals surface area contributed by atoms with E-state index < -0.39 is 0 Å².